The number of likely N-dealkylation sites (tertiary alicyclic amines) is 1. The predicted octanol–water partition coefficient (Wildman–Crippen LogP) is 1.33. The first kappa shape index (κ1) is 17.5. The van der Waals surface area contributed by atoms with Crippen molar-refractivity contribution in [2.45, 2.75) is 43.9 Å². The standard InChI is InChI=1S/C20H27N3O3/c24-17-14-26-19(20(25)21-10-13-22-11-4-5-12-22)18(23(17)16-8-9-16)15-6-2-1-3-7-15/h1-3,6-7,16,18-19H,4-5,8-14H2,(H,21,25)/t18-,19+/m0/s1. The number of benzene rings is 1. The Bertz CT molecular complexity index is 641. The highest BCUT2D eigenvalue weighted by atomic mass is 16.5. The number of hydrogen-bond donors (Lipinski definition) is 1. The molecule has 0 radical (unpaired) electrons. The van der Waals surface area contributed by atoms with E-state index in [0.29, 0.717) is 6.54 Å². The van der Waals surface area contributed by atoms with Crippen LogP contribution in [-0.4, -0.2) is 66.5 Å². The van der Waals surface area contributed by atoms with Gasteiger partial charge in [-0.3, -0.25) is 9.59 Å². The molecule has 0 unspecified atom stereocenters. The Kier molecular flexibility index (Phi) is 5.22. The molecule has 6 nitrogen and oxygen atoms in total. The van der Waals surface area contributed by atoms with E-state index in [1.807, 2.05) is 35.2 Å². The maximum atomic E-state index is 12.9. The van der Waals surface area contributed by atoms with Gasteiger partial charge in [-0.15, -0.1) is 0 Å². The number of nitrogens with zero attached hydrogens (tertiary/aromatic N) is 2. The first-order valence-corrected chi connectivity index (χ1v) is 9.72. The SMILES string of the molecule is O=C(NCCN1CCCC1)[C@@H]1OCC(=O)N(C2CC2)[C@H]1c1ccccc1. The Balaban J connectivity index is 1.46. The van der Waals surface area contributed by atoms with Crippen molar-refractivity contribution < 1.29 is 14.3 Å². The summed E-state index contributed by atoms with van der Waals surface area (Å²) < 4.78 is 5.73. The van der Waals surface area contributed by atoms with Crippen molar-refractivity contribution in [3.05, 3.63) is 35.9 Å². The highest BCUT2D eigenvalue weighted by molar-refractivity contribution is 5.86. The third-order valence-corrected chi connectivity index (χ3v) is 5.53. The molecule has 1 aliphatic carbocycles. The molecule has 26 heavy (non-hydrogen) atoms. The fraction of sp³-hybridized carbons (Fsp3) is 0.600. The van der Waals surface area contributed by atoms with Gasteiger partial charge in [0, 0.05) is 19.1 Å². The fourth-order valence-corrected chi connectivity index (χ4v) is 4.06. The Morgan fingerprint density at radius 3 is 2.58 bits per heavy atom. The normalized spacial score (nSPS) is 26.9. The first-order chi connectivity index (χ1) is 12.7. The van der Waals surface area contributed by atoms with Gasteiger partial charge in [0.15, 0.2) is 6.10 Å². The third kappa shape index (κ3) is 3.76. The molecule has 0 spiro atoms. The van der Waals surface area contributed by atoms with E-state index >= 15 is 0 Å². The van der Waals surface area contributed by atoms with Crippen LogP contribution in [0.2, 0.25) is 0 Å². The molecule has 1 aromatic carbocycles. The minimum atomic E-state index is -0.644. The lowest BCUT2D eigenvalue weighted by Crippen LogP contribution is -2.55. The minimum Gasteiger partial charge on any atom is -0.356 e. The Morgan fingerprint density at radius 2 is 1.88 bits per heavy atom. The Labute approximate surface area is 154 Å². The van der Waals surface area contributed by atoms with Crippen LogP contribution < -0.4 is 5.32 Å². The zero-order valence-electron chi connectivity index (χ0n) is 15.1. The third-order valence-electron chi connectivity index (χ3n) is 5.53. The smallest absolute Gasteiger partial charge is 0.251 e. The summed E-state index contributed by atoms with van der Waals surface area (Å²) >= 11 is 0. The summed E-state index contributed by atoms with van der Waals surface area (Å²) in [5.41, 5.74) is 0.965. The topological polar surface area (TPSA) is 61.9 Å². The Morgan fingerprint density at radius 1 is 1.15 bits per heavy atom. The van der Waals surface area contributed by atoms with Gasteiger partial charge < -0.3 is 19.9 Å². The minimum absolute atomic E-state index is 0.00988. The molecular formula is C20H27N3O3. The summed E-state index contributed by atoms with van der Waals surface area (Å²) in [4.78, 5) is 29.6. The largest absolute Gasteiger partial charge is 0.356 e. The summed E-state index contributed by atoms with van der Waals surface area (Å²) in [6.07, 6.45) is 3.87. The number of carbonyl (C=O) groups excluding carboxylic acids is 2. The molecule has 0 bridgehead atoms. The summed E-state index contributed by atoms with van der Waals surface area (Å²) in [6, 6.07) is 9.71. The molecule has 1 N–H and O–H groups in total. The molecule has 6 heteroatoms. The lowest BCUT2D eigenvalue weighted by molar-refractivity contribution is -0.165. The molecule has 2 atom stereocenters. The first-order valence-electron chi connectivity index (χ1n) is 9.72. The summed E-state index contributed by atoms with van der Waals surface area (Å²) in [7, 11) is 0. The molecule has 3 aliphatic rings. The van der Waals surface area contributed by atoms with Gasteiger partial charge in [0.25, 0.3) is 5.91 Å². The second-order valence-corrected chi connectivity index (χ2v) is 7.46. The van der Waals surface area contributed by atoms with Gasteiger partial charge >= 0.3 is 0 Å². The van der Waals surface area contributed by atoms with E-state index in [1.54, 1.807) is 0 Å². The number of nitrogens with one attached hydrogen (secondary N) is 1. The number of ether oxygens (including phenoxy) is 1. The summed E-state index contributed by atoms with van der Waals surface area (Å²) in [6.45, 7) is 3.72. The molecule has 2 heterocycles. The van der Waals surface area contributed by atoms with Crippen LogP contribution >= 0.6 is 0 Å². The highest BCUT2D eigenvalue weighted by Crippen LogP contribution is 2.39. The summed E-state index contributed by atoms with van der Waals surface area (Å²) in [5.74, 6) is -0.126. The molecule has 2 amide bonds. The molecule has 3 fully saturated rings. The van der Waals surface area contributed by atoms with Crippen molar-refractivity contribution in [3.8, 4) is 0 Å². The van der Waals surface area contributed by atoms with Gasteiger partial charge in [-0.2, -0.15) is 0 Å². The van der Waals surface area contributed by atoms with Gasteiger partial charge in [-0.25, -0.2) is 0 Å². The van der Waals surface area contributed by atoms with Crippen LogP contribution in [-0.2, 0) is 14.3 Å². The van der Waals surface area contributed by atoms with Gasteiger partial charge in [0.1, 0.15) is 6.61 Å². The molecular weight excluding hydrogens is 330 g/mol. The van der Waals surface area contributed by atoms with E-state index in [4.69, 9.17) is 4.74 Å². The van der Waals surface area contributed by atoms with Crippen molar-refractivity contribution >= 4 is 11.8 Å². The lowest BCUT2D eigenvalue weighted by atomic mass is 9.97. The average Bonchev–Trinajstić information content (AvgIpc) is 3.37. The molecule has 2 saturated heterocycles. The zero-order chi connectivity index (χ0) is 17.9. The van der Waals surface area contributed by atoms with Gasteiger partial charge in [0.05, 0.1) is 6.04 Å². The summed E-state index contributed by atoms with van der Waals surface area (Å²) in [5, 5.41) is 3.03. The molecule has 4 rings (SSSR count). The number of rotatable bonds is 6. The van der Waals surface area contributed by atoms with Crippen LogP contribution in [0.15, 0.2) is 30.3 Å². The van der Waals surface area contributed by atoms with E-state index < -0.39 is 6.10 Å². The number of carbonyl (C=O) groups is 2. The van der Waals surface area contributed by atoms with E-state index in [0.717, 1.165) is 38.0 Å². The average molecular weight is 357 g/mol. The second kappa shape index (κ2) is 7.76. The van der Waals surface area contributed by atoms with Crippen molar-refractivity contribution in [3.63, 3.8) is 0 Å². The predicted molar refractivity (Wildman–Crippen MR) is 97.5 cm³/mol. The van der Waals surface area contributed by atoms with Crippen LogP contribution in [0, 0.1) is 0 Å². The Hall–Kier alpha value is -1.92. The quantitative estimate of drug-likeness (QED) is 0.834. The van der Waals surface area contributed by atoms with Crippen LogP contribution in [0.4, 0.5) is 0 Å². The lowest BCUT2D eigenvalue weighted by Gasteiger charge is -2.40. The van der Waals surface area contributed by atoms with Crippen LogP contribution in [0.25, 0.3) is 0 Å². The molecule has 1 aromatic rings. The van der Waals surface area contributed by atoms with Crippen LogP contribution in [0.5, 0.6) is 0 Å². The maximum Gasteiger partial charge on any atom is 0.251 e. The van der Waals surface area contributed by atoms with Crippen LogP contribution in [0.1, 0.15) is 37.3 Å². The zero-order valence-corrected chi connectivity index (χ0v) is 15.1. The van der Waals surface area contributed by atoms with E-state index in [2.05, 4.69) is 10.2 Å². The molecule has 2 aliphatic heterocycles. The van der Waals surface area contributed by atoms with E-state index in [-0.39, 0.29) is 30.5 Å². The molecule has 1 saturated carbocycles. The van der Waals surface area contributed by atoms with Gasteiger partial charge in [0.2, 0.25) is 5.91 Å². The van der Waals surface area contributed by atoms with Gasteiger partial charge in [-0.1, -0.05) is 30.3 Å². The van der Waals surface area contributed by atoms with E-state index in [1.165, 1.54) is 12.8 Å². The van der Waals surface area contributed by atoms with Crippen molar-refractivity contribution in [1.82, 2.24) is 15.1 Å². The van der Waals surface area contributed by atoms with Gasteiger partial charge in [-0.05, 0) is 44.3 Å². The maximum absolute atomic E-state index is 12.9. The number of hydrogen-bond acceptors (Lipinski definition) is 4. The van der Waals surface area contributed by atoms with Crippen molar-refractivity contribution in [2.75, 3.05) is 32.8 Å². The number of amides is 2. The molecule has 0 aromatic heterocycles. The second-order valence-electron chi connectivity index (χ2n) is 7.46. The van der Waals surface area contributed by atoms with Crippen molar-refractivity contribution in [2.24, 2.45) is 0 Å². The number of morpholine rings is 1. The fourth-order valence-electron chi connectivity index (χ4n) is 4.06. The monoisotopic (exact) mass is 357 g/mol. The van der Waals surface area contributed by atoms with Crippen molar-refractivity contribution in [1.29, 1.82) is 0 Å². The highest BCUT2D eigenvalue weighted by Gasteiger charge is 2.47. The molecule has 140 valence electrons. The van der Waals surface area contributed by atoms with Crippen LogP contribution in [0.3, 0.4) is 0 Å². The van der Waals surface area contributed by atoms with E-state index in [9.17, 15) is 9.59 Å².